The van der Waals surface area contributed by atoms with Crippen molar-refractivity contribution in [1.82, 2.24) is 0 Å². The normalized spacial score (nSPS) is 57.3. The molecule has 0 aromatic carbocycles. The third-order valence-corrected chi connectivity index (χ3v) is 8.25. The van der Waals surface area contributed by atoms with Gasteiger partial charge in [0.15, 0.2) is 11.6 Å². The lowest BCUT2D eigenvalue weighted by atomic mass is 9.45. The quantitative estimate of drug-likeness (QED) is 0.694. The summed E-state index contributed by atoms with van der Waals surface area (Å²) in [6.07, 6.45) is 1.08. The number of fused-ring (bicyclic) bond motifs is 5. The third-order valence-electron chi connectivity index (χ3n) is 8.25. The van der Waals surface area contributed by atoms with Crippen molar-refractivity contribution < 1.29 is 27.7 Å². The van der Waals surface area contributed by atoms with Gasteiger partial charge in [0.1, 0.15) is 12.2 Å². The van der Waals surface area contributed by atoms with Crippen LogP contribution in [0.2, 0.25) is 0 Å². The zero-order valence-corrected chi connectivity index (χ0v) is 15.4. The van der Waals surface area contributed by atoms with Gasteiger partial charge in [0.2, 0.25) is 0 Å². The average molecular weight is 364 g/mol. The summed E-state index contributed by atoms with van der Waals surface area (Å²) in [5.74, 6) is -1.19. The lowest BCUT2D eigenvalue weighted by molar-refractivity contribution is -0.182. The van der Waals surface area contributed by atoms with Crippen molar-refractivity contribution in [3.63, 3.8) is 0 Å². The molecule has 26 heavy (non-hydrogen) atoms. The van der Waals surface area contributed by atoms with E-state index >= 15 is 0 Å². The van der Waals surface area contributed by atoms with E-state index in [1.54, 1.807) is 0 Å². The van der Waals surface area contributed by atoms with Crippen LogP contribution in [0.25, 0.3) is 0 Å². The fourth-order valence-electron chi connectivity index (χ4n) is 6.92. The highest BCUT2D eigenvalue weighted by atomic mass is 16.3. The van der Waals surface area contributed by atoms with Crippen LogP contribution in [0.4, 0.5) is 0 Å². The SMILES string of the molecule is [2H]C1C(=O)C=C2CCC3C(C(O)CC4(C)C3CCC4(O)C(=O)CO)C2(C)C1[2H]. The van der Waals surface area contributed by atoms with Crippen LogP contribution in [-0.2, 0) is 9.59 Å². The first-order chi connectivity index (χ1) is 13.0. The summed E-state index contributed by atoms with van der Waals surface area (Å²) in [6.45, 7) is 3.04. The smallest absolute Gasteiger partial charge is 0.190 e. The Kier molecular flexibility index (Phi) is 3.52. The molecule has 0 aliphatic heterocycles. The summed E-state index contributed by atoms with van der Waals surface area (Å²) in [6, 6.07) is 0. The molecule has 3 saturated carbocycles. The van der Waals surface area contributed by atoms with E-state index in [0.29, 0.717) is 12.8 Å². The minimum absolute atomic E-state index is 0.00432. The molecule has 0 aromatic heterocycles. The average Bonchev–Trinajstić information content (AvgIpc) is 2.92. The number of hydrogen-bond donors (Lipinski definition) is 3. The summed E-state index contributed by atoms with van der Waals surface area (Å²) >= 11 is 0. The maximum Gasteiger partial charge on any atom is 0.190 e. The van der Waals surface area contributed by atoms with Crippen molar-refractivity contribution in [2.45, 2.75) is 70.5 Å². The van der Waals surface area contributed by atoms with Crippen LogP contribution in [-0.4, -0.2) is 45.2 Å². The highest BCUT2D eigenvalue weighted by Crippen LogP contribution is 2.67. The van der Waals surface area contributed by atoms with Crippen LogP contribution in [0.5, 0.6) is 0 Å². The van der Waals surface area contributed by atoms with Gasteiger partial charge in [-0.25, -0.2) is 0 Å². The zero-order chi connectivity index (χ0) is 20.6. The molecule has 0 aromatic rings. The minimum Gasteiger partial charge on any atom is -0.393 e. The number of rotatable bonds is 2. The molecule has 0 radical (unpaired) electrons. The largest absolute Gasteiger partial charge is 0.393 e. The van der Waals surface area contributed by atoms with Crippen LogP contribution in [0.1, 0.15) is 61.5 Å². The Balaban J connectivity index is 1.77. The second-order valence-electron chi connectivity index (χ2n) is 9.19. The number of Topliss-reactive ketones (excluding diaryl/α,β-unsaturated/α-hetero) is 1. The van der Waals surface area contributed by atoms with E-state index in [9.17, 15) is 24.9 Å². The number of allylic oxidation sites excluding steroid dienone is 1. The first-order valence-corrected chi connectivity index (χ1v) is 9.66. The lowest BCUT2D eigenvalue weighted by Gasteiger charge is -2.60. The lowest BCUT2D eigenvalue weighted by Crippen LogP contribution is -2.62. The van der Waals surface area contributed by atoms with Crippen LogP contribution in [0.3, 0.4) is 0 Å². The Morgan fingerprint density at radius 2 is 2.12 bits per heavy atom. The van der Waals surface area contributed by atoms with Gasteiger partial charge in [0.05, 0.1) is 6.10 Å². The van der Waals surface area contributed by atoms with Crippen LogP contribution >= 0.6 is 0 Å². The number of aliphatic hydroxyl groups excluding tert-OH is 2. The van der Waals surface area contributed by atoms with Crippen LogP contribution in [0, 0.1) is 28.6 Å². The number of carbonyl (C=O) groups excluding carboxylic acids is 2. The second-order valence-corrected chi connectivity index (χ2v) is 9.19. The molecule has 3 fully saturated rings. The van der Waals surface area contributed by atoms with E-state index in [0.717, 1.165) is 12.0 Å². The maximum absolute atomic E-state index is 12.4. The van der Waals surface area contributed by atoms with Gasteiger partial charge in [-0.15, -0.1) is 0 Å². The second kappa shape index (κ2) is 5.73. The van der Waals surface area contributed by atoms with Crippen LogP contribution in [0.15, 0.2) is 11.6 Å². The van der Waals surface area contributed by atoms with Gasteiger partial charge < -0.3 is 15.3 Å². The Hall–Kier alpha value is -1.04. The van der Waals surface area contributed by atoms with Gasteiger partial charge in [-0.05, 0) is 67.7 Å². The molecule has 5 heteroatoms. The zero-order valence-electron chi connectivity index (χ0n) is 17.4. The highest BCUT2D eigenvalue weighted by Gasteiger charge is 2.68. The summed E-state index contributed by atoms with van der Waals surface area (Å²) in [5, 5.41) is 31.8. The van der Waals surface area contributed by atoms with E-state index in [2.05, 4.69) is 0 Å². The van der Waals surface area contributed by atoms with Crippen LogP contribution < -0.4 is 0 Å². The van der Waals surface area contributed by atoms with E-state index in [4.69, 9.17) is 2.74 Å². The van der Waals surface area contributed by atoms with Crippen molar-refractivity contribution in [1.29, 1.82) is 0 Å². The molecule has 9 atom stereocenters. The van der Waals surface area contributed by atoms with E-state index in [-0.39, 0.29) is 36.4 Å². The summed E-state index contributed by atoms with van der Waals surface area (Å²) in [7, 11) is 0. The molecule has 0 saturated heterocycles. The molecule has 4 rings (SSSR count). The molecule has 0 bridgehead atoms. The molecular formula is C21H30O5. The molecule has 4 aliphatic carbocycles. The van der Waals surface area contributed by atoms with Crippen molar-refractivity contribution >= 4 is 11.6 Å². The van der Waals surface area contributed by atoms with Gasteiger partial charge in [0.25, 0.3) is 0 Å². The highest BCUT2D eigenvalue weighted by molar-refractivity contribution is 5.91. The number of ketones is 2. The molecule has 0 heterocycles. The summed E-state index contributed by atoms with van der Waals surface area (Å²) < 4.78 is 16.8. The van der Waals surface area contributed by atoms with Crippen molar-refractivity contribution in [2.24, 2.45) is 28.6 Å². The van der Waals surface area contributed by atoms with Gasteiger partial charge in [-0.1, -0.05) is 19.4 Å². The number of carbonyl (C=O) groups is 2. The van der Waals surface area contributed by atoms with Gasteiger partial charge in [-0.3, -0.25) is 9.59 Å². The Labute approximate surface area is 157 Å². The topological polar surface area (TPSA) is 94.8 Å². The molecule has 4 aliphatic rings. The van der Waals surface area contributed by atoms with E-state index < -0.39 is 47.7 Å². The summed E-state index contributed by atoms with van der Waals surface area (Å²) in [4.78, 5) is 24.5. The van der Waals surface area contributed by atoms with Crippen molar-refractivity contribution in [3.8, 4) is 0 Å². The molecule has 0 spiro atoms. The van der Waals surface area contributed by atoms with Gasteiger partial charge in [0, 0.05) is 14.6 Å². The predicted octanol–water partition coefficient (Wildman–Crippen LogP) is 1.78. The maximum atomic E-state index is 12.4. The fraction of sp³-hybridized carbons (Fsp3) is 0.810. The third kappa shape index (κ3) is 2.14. The molecule has 144 valence electrons. The molecule has 5 nitrogen and oxygen atoms in total. The Bertz CT molecular complexity index is 753. The molecule has 9 unspecified atom stereocenters. The number of aliphatic hydroxyl groups is 3. The fourth-order valence-corrected chi connectivity index (χ4v) is 6.92. The standard InChI is InChI=1S/C21H30O5/c1-19-7-5-13(23)9-12(19)3-4-14-15-6-8-21(26,17(25)11-22)20(15,2)10-16(24)18(14)19/h9,14-16,18,22,24,26H,3-8,10-11H2,1-2H3/i5D,7D. The Morgan fingerprint density at radius 1 is 1.38 bits per heavy atom. The first kappa shape index (κ1) is 16.0. The minimum atomic E-state index is -1.64. The number of hydrogen-bond acceptors (Lipinski definition) is 5. The van der Waals surface area contributed by atoms with Crippen molar-refractivity contribution in [3.05, 3.63) is 11.6 Å². The predicted molar refractivity (Wildman–Crippen MR) is 95.1 cm³/mol. The molecule has 0 amide bonds. The van der Waals surface area contributed by atoms with E-state index in [1.807, 2.05) is 13.8 Å². The Morgan fingerprint density at radius 3 is 2.81 bits per heavy atom. The first-order valence-electron chi connectivity index (χ1n) is 10.8. The summed E-state index contributed by atoms with van der Waals surface area (Å²) in [5.41, 5.74) is -2.36. The molecular weight excluding hydrogens is 332 g/mol. The van der Waals surface area contributed by atoms with Crippen molar-refractivity contribution in [2.75, 3.05) is 6.61 Å². The molecule has 3 N–H and O–H groups in total. The van der Waals surface area contributed by atoms with E-state index in [1.165, 1.54) is 6.08 Å². The monoisotopic (exact) mass is 364 g/mol. The van der Waals surface area contributed by atoms with Gasteiger partial charge >= 0.3 is 0 Å². The van der Waals surface area contributed by atoms with Gasteiger partial charge in [-0.2, -0.15) is 0 Å².